The summed E-state index contributed by atoms with van der Waals surface area (Å²) in [7, 11) is -1.43. The molecule has 0 radical (unpaired) electrons. The molecule has 0 fully saturated rings. The Kier molecular flexibility index (Phi) is 2.78. The van der Waals surface area contributed by atoms with E-state index in [4.69, 9.17) is 9.16 Å². The molecule has 1 heterocycles. The molecule has 1 aliphatic rings. The van der Waals surface area contributed by atoms with E-state index in [9.17, 15) is 0 Å². The maximum atomic E-state index is 5.76. The third-order valence-electron chi connectivity index (χ3n) is 1.19. The highest BCUT2D eigenvalue weighted by atomic mass is 79.9. The molecule has 0 N–H and O–H groups in total. The molecule has 0 bridgehead atoms. The Hall–Kier alpha value is 0.197. The van der Waals surface area contributed by atoms with Crippen molar-refractivity contribution in [3.63, 3.8) is 0 Å². The molecular formula is C7H13BrO2Si. The smallest absolute Gasteiger partial charge is 0.241 e. The zero-order valence-electron chi connectivity index (χ0n) is 7.11. The molecule has 0 saturated heterocycles. The van der Waals surface area contributed by atoms with Crippen LogP contribution in [0.4, 0.5) is 0 Å². The largest absolute Gasteiger partial charge is 0.545 e. The SMILES string of the molecule is C[Si](C)(C)OC1=C(Br)COC1. The second-order valence-electron chi connectivity index (χ2n) is 3.54. The normalized spacial score (nSPS) is 19.3. The van der Waals surface area contributed by atoms with Crippen LogP contribution in [0.1, 0.15) is 0 Å². The fraction of sp³-hybridized carbons (Fsp3) is 0.714. The molecule has 0 aromatic carbocycles. The van der Waals surface area contributed by atoms with Crippen LogP contribution >= 0.6 is 15.9 Å². The molecular weight excluding hydrogens is 224 g/mol. The fourth-order valence-corrected chi connectivity index (χ4v) is 2.27. The van der Waals surface area contributed by atoms with Crippen molar-refractivity contribution < 1.29 is 9.16 Å². The highest BCUT2D eigenvalue weighted by Gasteiger charge is 2.22. The maximum Gasteiger partial charge on any atom is 0.241 e. The van der Waals surface area contributed by atoms with Gasteiger partial charge in [-0.2, -0.15) is 0 Å². The average Bonchev–Trinajstić information content (AvgIpc) is 2.12. The first kappa shape index (κ1) is 9.29. The lowest BCUT2D eigenvalue weighted by Crippen LogP contribution is -2.25. The van der Waals surface area contributed by atoms with Gasteiger partial charge in [-0.3, -0.25) is 0 Å². The van der Waals surface area contributed by atoms with Crippen molar-refractivity contribution in [1.29, 1.82) is 0 Å². The molecule has 11 heavy (non-hydrogen) atoms. The minimum absolute atomic E-state index is 0.630. The summed E-state index contributed by atoms with van der Waals surface area (Å²) < 4.78 is 12.0. The summed E-state index contributed by atoms with van der Waals surface area (Å²) in [5.41, 5.74) is 0. The maximum absolute atomic E-state index is 5.76. The van der Waals surface area contributed by atoms with Crippen LogP contribution in [0.5, 0.6) is 0 Å². The lowest BCUT2D eigenvalue weighted by Gasteiger charge is -2.19. The molecule has 0 aromatic heterocycles. The molecule has 0 spiro atoms. The Morgan fingerprint density at radius 1 is 1.36 bits per heavy atom. The molecule has 4 heteroatoms. The van der Waals surface area contributed by atoms with Gasteiger partial charge in [-0.05, 0) is 35.6 Å². The molecule has 64 valence electrons. The number of ether oxygens (including phenoxy) is 1. The van der Waals surface area contributed by atoms with Crippen molar-refractivity contribution in [2.45, 2.75) is 19.6 Å². The van der Waals surface area contributed by atoms with Crippen molar-refractivity contribution in [2.24, 2.45) is 0 Å². The van der Waals surface area contributed by atoms with Gasteiger partial charge in [0.05, 0.1) is 11.1 Å². The van der Waals surface area contributed by atoms with Gasteiger partial charge in [0, 0.05) is 0 Å². The van der Waals surface area contributed by atoms with Gasteiger partial charge in [-0.25, -0.2) is 0 Å². The quantitative estimate of drug-likeness (QED) is 0.687. The minimum atomic E-state index is -1.43. The van der Waals surface area contributed by atoms with E-state index in [1.54, 1.807) is 0 Å². The third-order valence-corrected chi connectivity index (χ3v) is 2.72. The fourth-order valence-electron chi connectivity index (χ4n) is 0.847. The van der Waals surface area contributed by atoms with Gasteiger partial charge >= 0.3 is 0 Å². The molecule has 0 aliphatic carbocycles. The second-order valence-corrected chi connectivity index (χ2v) is 8.92. The van der Waals surface area contributed by atoms with Gasteiger partial charge in [0.15, 0.2) is 0 Å². The van der Waals surface area contributed by atoms with E-state index in [1.165, 1.54) is 0 Å². The Labute approximate surface area is 76.8 Å². The van der Waals surface area contributed by atoms with Crippen LogP contribution in [0.15, 0.2) is 10.2 Å². The number of hydrogen-bond donors (Lipinski definition) is 0. The summed E-state index contributed by atoms with van der Waals surface area (Å²) in [4.78, 5) is 0. The van der Waals surface area contributed by atoms with Crippen LogP contribution in [0.2, 0.25) is 19.6 Å². The lowest BCUT2D eigenvalue weighted by atomic mass is 10.5. The lowest BCUT2D eigenvalue weighted by molar-refractivity contribution is 0.186. The van der Waals surface area contributed by atoms with E-state index >= 15 is 0 Å². The van der Waals surface area contributed by atoms with Crippen LogP contribution in [0, 0.1) is 0 Å². The van der Waals surface area contributed by atoms with Gasteiger partial charge in [0.1, 0.15) is 12.4 Å². The van der Waals surface area contributed by atoms with E-state index < -0.39 is 8.32 Å². The zero-order valence-corrected chi connectivity index (χ0v) is 9.69. The standard InChI is InChI=1S/C7H13BrO2Si/c1-11(2,3)10-7-5-9-4-6(7)8/h4-5H2,1-3H3. The zero-order chi connectivity index (χ0) is 8.48. The van der Waals surface area contributed by atoms with Gasteiger partial charge in [-0.1, -0.05) is 0 Å². The van der Waals surface area contributed by atoms with Crippen LogP contribution < -0.4 is 0 Å². The predicted octanol–water partition coefficient (Wildman–Crippen LogP) is 2.47. The Morgan fingerprint density at radius 3 is 2.36 bits per heavy atom. The van der Waals surface area contributed by atoms with E-state index in [2.05, 4.69) is 35.6 Å². The minimum Gasteiger partial charge on any atom is -0.545 e. The Balaban J connectivity index is 2.56. The van der Waals surface area contributed by atoms with Crippen LogP contribution in [0.3, 0.4) is 0 Å². The monoisotopic (exact) mass is 236 g/mol. The van der Waals surface area contributed by atoms with E-state index in [0.717, 1.165) is 10.2 Å². The average molecular weight is 237 g/mol. The highest BCUT2D eigenvalue weighted by Crippen LogP contribution is 2.23. The van der Waals surface area contributed by atoms with Gasteiger partial charge in [0.2, 0.25) is 8.32 Å². The van der Waals surface area contributed by atoms with Gasteiger partial charge < -0.3 is 9.16 Å². The molecule has 1 aliphatic heterocycles. The number of hydrogen-bond acceptors (Lipinski definition) is 2. The molecule has 0 amide bonds. The third kappa shape index (κ3) is 2.97. The number of halogens is 1. The van der Waals surface area contributed by atoms with Crippen LogP contribution in [0.25, 0.3) is 0 Å². The summed E-state index contributed by atoms with van der Waals surface area (Å²) in [6, 6.07) is 0. The van der Waals surface area contributed by atoms with Crippen molar-refractivity contribution in [3.8, 4) is 0 Å². The van der Waals surface area contributed by atoms with Crippen molar-refractivity contribution in [1.82, 2.24) is 0 Å². The van der Waals surface area contributed by atoms with Crippen LogP contribution in [-0.2, 0) is 9.16 Å². The first-order valence-corrected chi connectivity index (χ1v) is 7.83. The van der Waals surface area contributed by atoms with Crippen molar-refractivity contribution in [3.05, 3.63) is 10.2 Å². The van der Waals surface area contributed by atoms with Gasteiger partial charge in [0.25, 0.3) is 0 Å². The van der Waals surface area contributed by atoms with Crippen molar-refractivity contribution in [2.75, 3.05) is 13.2 Å². The van der Waals surface area contributed by atoms with E-state index in [0.29, 0.717) is 13.2 Å². The molecule has 1 rings (SSSR count). The molecule has 2 nitrogen and oxygen atoms in total. The molecule has 0 atom stereocenters. The highest BCUT2D eigenvalue weighted by molar-refractivity contribution is 9.11. The second kappa shape index (κ2) is 3.29. The van der Waals surface area contributed by atoms with E-state index in [-0.39, 0.29) is 0 Å². The Morgan fingerprint density at radius 2 is 2.00 bits per heavy atom. The Bertz CT molecular complexity index is 183. The van der Waals surface area contributed by atoms with E-state index in [1.807, 2.05) is 0 Å². The molecule has 0 saturated carbocycles. The summed E-state index contributed by atoms with van der Waals surface area (Å²) in [6.07, 6.45) is 0. The molecule has 0 aromatic rings. The van der Waals surface area contributed by atoms with Crippen LogP contribution in [-0.4, -0.2) is 21.5 Å². The summed E-state index contributed by atoms with van der Waals surface area (Å²) in [5.74, 6) is 0.990. The van der Waals surface area contributed by atoms with Crippen molar-refractivity contribution >= 4 is 24.2 Å². The first-order valence-electron chi connectivity index (χ1n) is 3.63. The first-order chi connectivity index (χ1) is 4.99. The summed E-state index contributed by atoms with van der Waals surface area (Å²) >= 11 is 3.41. The predicted molar refractivity (Wildman–Crippen MR) is 51.2 cm³/mol. The summed E-state index contributed by atoms with van der Waals surface area (Å²) in [6.45, 7) is 7.79. The summed E-state index contributed by atoms with van der Waals surface area (Å²) in [5, 5.41) is 0. The molecule has 0 unspecified atom stereocenters. The van der Waals surface area contributed by atoms with Gasteiger partial charge in [-0.15, -0.1) is 0 Å². The number of rotatable bonds is 2. The topological polar surface area (TPSA) is 18.5 Å².